The molecule has 3 rings (SSSR count). The van der Waals surface area contributed by atoms with Gasteiger partial charge < -0.3 is 19.8 Å². The van der Waals surface area contributed by atoms with E-state index in [2.05, 4.69) is 36.0 Å². The highest BCUT2D eigenvalue weighted by Crippen LogP contribution is 2.68. The second-order valence-electron chi connectivity index (χ2n) is 9.34. The highest BCUT2D eigenvalue weighted by atomic mass is 79.9. The molecule has 7 nitrogen and oxygen atoms in total. The van der Waals surface area contributed by atoms with Crippen LogP contribution in [0.5, 0.6) is 0 Å². The van der Waals surface area contributed by atoms with E-state index in [1.54, 1.807) is 40.8 Å². The Hall–Kier alpha value is -1.32. The smallest absolute Gasteiger partial charge is 0.247 e. The van der Waals surface area contributed by atoms with Gasteiger partial charge in [-0.25, -0.2) is 0 Å². The first-order chi connectivity index (χ1) is 15.7. The van der Waals surface area contributed by atoms with Gasteiger partial charge in [0.05, 0.1) is 23.2 Å². The van der Waals surface area contributed by atoms with Gasteiger partial charge in [0.25, 0.3) is 0 Å². The lowest BCUT2D eigenvalue weighted by Crippen LogP contribution is -2.57. The van der Waals surface area contributed by atoms with Crippen LogP contribution in [0.15, 0.2) is 25.3 Å². The molecule has 1 spiro atoms. The molecule has 3 heterocycles. The minimum atomic E-state index is -0.709. The maximum absolute atomic E-state index is 14.1. The van der Waals surface area contributed by atoms with Crippen LogP contribution in [0.4, 0.5) is 0 Å². The van der Waals surface area contributed by atoms with Crippen LogP contribution in [0.2, 0.25) is 0 Å². The summed E-state index contributed by atoms with van der Waals surface area (Å²) in [6, 6.07) is -0.708. The van der Waals surface area contributed by atoms with E-state index < -0.39 is 22.6 Å². The highest BCUT2D eigenvalue weighted by molar-refractivity contribution is 9.09. The highest BCUT2D eigenvalue weighted by Gasteiger charge is 2.75. The number of amides is 3. The molecule has 0 radical (unpaired) electrons. The van der Waals surface area contributed by atoms with Crippen molar-refractivity contribution >= 4 is 45.4 Å². The van der Waals surface area contributed by atoms with E-state index >= 15 is 0 Å². The Bertz CT molecular complexity index is 811. The summed E-state index contributed by atoms with van der Waals surface area (Å²) in [6.07, 6.45) is 5.81. The number of aliphatic hydroxyl groups excluding tert-OH is 1. The van der Waals surface area contributed by atoms with Gasteiger partial charge in [0.2, 0.25) is 17.7 Å². The third-order valence-corrected chi connectivity index (χ3v) is 10.5. The minimum absolute atomic E-state index is 0.00144. The van der Waals surface area contributed by atoms with Crippen molar-refractivity contribution in [2.75, 3.05) is 33.3 Å². The van der Waals surface area contributed by atoms with Gasteiger partial charge in [-0.1, -0.05) is 41.4 Å². The van der Waals surface area contributed by atoms with E-state index in [-0.39, 0.29) is 47.0 Å². The number of carbonyl (C=O) groups excluding carboxylic acids is 3. The average Bonchev–Trinajstić information content (AvgIpc) is 3.35. The number of carbonyl (C=O) groups is 3. The summed E-state index contributed by atoms with van der Waals surface area (Å²) < 4.78 is -0.692. The quantitative estimate of drug-likeness (QED) is 0.320. The lowest BCUT2D eigenvalue weighted by molar-refractivity contribution is -0.145. The fourth-order valence-electron chi connectivity index (χ4n) is 5.93. The molecule has 2 bridgehead atoms. The number of hydrogen-bond donors (Lipinski definition) is 1. The summed E-state index contributed by atoms with van der Waals surface area (Å²) in [5.41, 5.74) is 0. The lowest BCUT2D eigenvalue weighted by atomic mass is 9.70. The molecule has 0 saturated carbocycles. The largest absolute Gasteiger partial charge is 0.395 e. The van der Waals surface area contributed by atoms with Crippen LogP contribution in [0, 0.1) is 11.8 Å². The van der Waals surface area contributed by atoms with Crippen LogP contribution >= 0.6 is 27.7 Å². The molecule has 0 aromatic carbocycles. The molecule has 33 heavy (non-hydrogen) atoms. The first-order valence-corrected chi connectivity index (χ1v) is 13.5. The predicted octanol–water partition coefficient (Wildman–Crippen LogP) is 2.29. The predicted molar refractivity (Wildman–Crippen MR) is 135 cm³/mol. The number of β-amino-alcohol motifs (C(OH)–C–C–N with tert-alkyl or cyclic N) is 1. The van der Waals surface area contributed by atoms with Gasteiger partial charge >= 0.3 is 0 Å². The molecule has 3 aliphatic rings. The molecule has 184 valence electrons. The Balaban J connectivity index is 2.05. The van der Waals surface area contributed by atoms with E-state index in [0.29, 0.717) is 19.5 Å². The van der Waals surface area contributed by atoms with Gasteiger partial charge in [0, 0.05) is 42.8 Å². The zero-order chi connectivity index (χ0) is 24.5. The molecular weight excluding hydrogens is 506 g/mol. The van der Waals surface area contributed by atoms with Gasteiger partial charge in [-0.15, -0.1) is 24.9 Å². The second kappa shape index (κ2) is 10.5. The Labute approximate surface area is 209 Å². The molecule has 0 aromatic rings. The van der Waals surface area contributed by atoms with Crippen LogP contribution in [0.3, 0.4) is 0 Å². The summed E-state index contributed by atoms with van der Waals surface area (Å²) in [6.45, 7) is 12.3. The van der Waals surface area contributed by atoms with Crippen molar-refractivity contribution in [3.8, 4) is 0 Å². The molecule has 7 atom stereocenters. The molecule has 9 heteroatoms. The zero-order valence-electron chi connectivity index (χ0n) is 19.8. The number of alkyl halides is 1. The summed E-state index contributed by atoms with van der Waals surface area (Å²) in [5, 5.41) is 9.68. The topological polar surface area (TPSA) is 81.2 Å². The average molecular weight is 543 g/mol. The zero-order valence-corrected chi connectivity index (χ0v) is 22.2. The van der Waals surface area contributed by atoms with Crippen LogP contribution in [0.25, 0.3) is 0 Å². The number of likely N-dealkylation sites (N-methyl/N-ethyl adjacent to an activating group) is 1. The SMILES string of the molecule is C=CCN(C)C(=O)[C@H]1[C@@H]2SC3(CC2Br)C(C(=O)N(CC=C)C(C)CCC)N(CCO)C(=O)[C@H]13. The van der Waals surface area contributed by atoms with E-state index in [9.17, 15) is 19.5 Å². The van der Waals surface area contributed by atoms with Crippen molar-refractivity contribution in [3.63, 3.8) is 0 Å². The molecule has 1 N–H and O–H groups in total. The van der Waals surface area contributed by atoms with E-state index in [1.807, 2.05) is 11.8 Å². The van der Waals surface area contributed by atoms with E-state index in [0.717, 1.165) is 12.8 Å². The minimum Gasteiger partial charge on any atom is -0.395 e. The Kier molecular flexibility index (Phi) is 8.38. The van der Waals surface area contributed by atoms with Crippen molar-refractivity contribution in [1.82, 2.24) is 14.7 Å². The van der Waals surface area contributed by atoms with Crippen molar-refractivity contribution in [2.45, 2.75) is 60.0 Å². The van der Waals surface area contributed by atoms with Crippen LogP contribution < -0.4 is 0 Å². The molecule has 0 aliphatic carbocycles. The maximum atomic E-state index is 14.1. The van der Waals surface area contributed by atoms with Gasteiger partial charge in [-0.3, -0.25) is 14.4 Å². The fourth-order valence-corrected chi connectivity index (χ4v) is 9.53. The number of thioether (sulfide) groups is 1. The Morgan fingerprint density at radius 1 is 1.33 bits per heavy atom. The molecule has 0 aromatic heterocycles. The number of rotatable bonds is 11. The molecule has 3 saturated heterocycles. The molecular formula is C24H36BrN3O4S. The number of likely N-dealkylation sites (tertiary alicyclic amines) is 1. The number of aliphatic hydroxyl groups is 1. The van der Waals surface area contributed by atoms with Gasteiger partial charge in [-0.2, -0.15) is 0 Å². The number of nitrogens with zero attached hydrogens (tertiary/aromatic N) is 3. The third kappa shape index (κ3) is 4.29. The first kappa shape index (κ1) is 26.3. The number of fused-ring (bicyclic) bond motifs is 1. The van der Waals surface area contributed by atoms with Crippen LogP contribution in [-0.4, -0.2) is 97.7 Å². The van der Waals surface area contributed by atoms with E-state index in [1.165, 1.54) is 0 Å². The molecule has 3 amide bonds. The lowest BCUT2D eigenvalue weighted by Gasteiger charge is -2.39. The molecule has 3 fully saturated rings. The van der Waals surface area contributed by atoms with Gasteiger partial charge in [0.1, 0.15) is 6.04 Å². The molecule has 4 unspecified atom stereocenters. The van der Waals surface area contributed by atoms with Crippen LogP contribution in [-0.2, 0) is 14.4 Å². The fraction of sp³-hybridized carbons (Fsp3) is 0.708. The number of hydrogen-bond acceptors (Lipinski definition) is 5. The maximum Gasteiger partial charge on any atom is 0.247 e. The standard InChI is InChI=1S/C24H36BrN3O4S/c1-6-9-15(4)27(11-8-3)23(32)20-24-14-16(25)19(33-24)17(21(30)26(5)10-7-2)18(24)22(31)28(20)12-13-29/h7-8,15-20,29H,2-3,6,9-14H2,1,4-5H3/t15?,16?,17-,18+,19-,20?,24?/m1/s1. The molecule has 3 aliphatic heterocycles. The normalized spacial score (nSPS) is 33.1. The number of halogens is 1. The summed E-state index contributed by atoms with van der Waals surface area (Å²) in [5.74, 6) is -1.47. The summed E-state index contributed by atoms with van der Waals surface area (Å²) >= 11 is 5.39. The second-order valence-corrected chi connectivity index (χ2v) is 12.1. The van der Waals surface area contributed by atoms with Crippen molar-refractivity contribution in [1.29, 1.82) is 0 Å². The van der Waals surface area contributed by atoms with Gasteiger partial charge in [-0.05, 0) is 19.8 Å². The van der Waals surface area contributed by atoms with Crippen LogP contribution in [0.1, 0.15) is 33.1 Å². The first-order valence-electron chi connectivity index (χ1n) is 11.7. The Morgan fingerprint density at radius 2 is 2.00 bits per heavy atom. The Morgan fingerprint density at radius 3 is 2.58 bits per heavy atom. The van der Waals surface area contributed by atoms with Crippen molar-refractivity contribution in [3.05, 3.63) is 25.3 Å². The summed E-state index contributed by atoms with van der Waals surface area (Å²) in [4.78, 5) is 46.3. The summed E-state index contributed by atoms with van der Waals surface area (Å²) in [7, 11) is 1.72. The monoisotopic (exact) mass is 541 g/mol. The van der Waals surface area contributed by atoms with Crippen molar-refractivity contribution < 1.29 is 19.5 Å². The third-order valence-electron chi connectivity index (χ3n) is 7.28. The van der Waals surface area contributed by atoms with Gasteiger partial charge in [0.15, 0.2) is 0 Å². The van der Waals surface area contributed by atoms with E-state index in [4.69, 9.17) is 0 Å². The van der Waals surface area contributed by atoms with Crippen molar-refractivity contribution in [2.24, 2.45) is 11.8 Å².